The van der Waals surface area contributed by atoms with Gasteiger partial charge in [-0.2, -0.15) is 0 Å². The van der Waals surface area contributed by atoms with Crippen LogP contribution in [-0.4, -0.2) is 35.9 Å². The van der Waals surface area contributed by atoms with E-state index in [1.54, 1.807) is 18.3 Å². The van der Waals surface area contributed by atoms with E-state index in [0.29, 0.717) is 18.3 Å². The fraction of sp³-hybridized carbons (Fsp3) is 0.400. The molecule has 5 heteroatoms. The van der Waals surface area contributed by atoms with Crippen LogP contribution in [0.3, 0.4) is 0 Å². The molecular formula is C20H26FN3O. The summed E-state index contributed by atoms with van der Waals surface area (Å²) in [6.45, 7) is 5.96. The van der Waals surface area contributed by atoms with E-state index in [4.69, 9.17) is 0 Å². The maximum Gasteiger partial charge on any atom is 0.225 e. The van der Waals surface area contributed by atoms with Crippen molar-refractivity contribution >= 4 is 22.5 Å². The second-order valence-electron chi connectivity index (χ2n) is 6.76. The van der Waals surface area contributed by atoms with E-state index < -0.39 is 0 Å². The van der Waals surface area contributed by atoms with Gasteiger partial charge in [0.2, 0.25) is 5.91 Å². The Bertz CT molecular complexity index is 758. The molecule has 0 saturated heterocycles. The lowest BCUT2D eigenvalue weighted by molar-refractivity contribution is -0.116. The number of aromatic nitrogens is 1. The number of nitrogens with zero attached hydrogens (tertiary/aromatic N) is 2. The molecule has 4 nitrogen and oxygen atoms in total. The summed E-state index contributed by atoms with van der Waals surface area (Å²) in [5, 5.41) is 4.36. The number of pyridine rings is 1. The summed E-state index contributed by atoms with van der Waals surface area (Å²) in [5.41, 5.74) is 1.16. The van der Waals surface area contributed by atoms with Crippen LogP contribution in [0.5, 0.6) is 0 Å². The highest BCUT2D eigenvalue weighted by Gasteiger charge is 2.14. The van der Waals surface area contributed by atoms with E-state index in [1.165, 1.54) is 12.1 Å². The van der Waals surface area contributed by atoms with Crippen LogP contribution in [0.4, 0.5) is 10.2 Å². The van der Waals surface area contributed by atoms with Gasteiger partial charge in [0.15, 0.2) is 0 Å². The van der Waals surface area contributed by atoms with Crippen LogP contribution < -0.4 is 5.32 Å². The Labute approximate surface area is 148 Å². The number of carbonyl (C=O) groups is 1. The van der Waals surface area contributed by atoms with Gasteiger partial charge in [-0.15, -0.1) is 6.58 Å². The lowest BCUT2D eigenvalue weighted by atomic mass is 10.0. The Morgan fingerprint density at radius 2 is 1.96 bits per heavy atom. The average molecular weight is 343 g/mol. The summed E-state index contributed by atoms with van der Waals surface area (Å²) in [7, 11) is 4.06. The van der Waals surface area contributed by atoms with Crippen LogP contribution in [0.15, 0.2) is 42.6 Å². The van der Waals surface area contributed by atoms with E-state index in [-0.39, 0.29) is 11.7 Å². The van der Waals surface area contributed by atoms with Crippen molar-refractivity contribution in [3.63, 3.8) is 0 Å². The number of amides is 1. The number of allylic oxidation sites excluding steroid dienone is 1. The van der Waals surface area contributed by atoms with Gasteiger partial charge in [-0.05, 0) is 69.9 Å². The first kappa shape index (κ1) is 19.1. The maximum atomic E-state index is 13.3. The molecule has 0 aliphatic rings. The van der Waals surface area contributed by atoms with Crippen LogP contribution in [0.2, 0.25) is 0 Å². The molecule has 0 bridgehead atoms. The third kappa shape index (κ3) is 5.94. The minimum Gasteiger partial charge on any atom is -0.311 e. The number of hydrogen-bond acceptors (Lipinski definition) is 3. The highest BCUT2D eigenvalue weighted by atomic mass is 19.1. The zero-order chi connectivity index (χ0) is 18.4. The van der Waals surface area contributed by atoms with Crippen molar-refractivity contribution in [3.05, 3.63) is 48.4 Å². The number of hydrogen-bond donors (Lipinski definition) is 1. The molecule has 0 aliphatic heterocycles. The van der Waals surface area contributed by atoms with Gasteiger partial charge in [-0.3, -0.25) is 4.79 Å². The molecule has 25 heavy (non-hydrogen) atoms. The van der Waals surface area contributed by atoms with Gasteiger partial charge < -0.3 is 10.2 Å². The molecular weight excluding hydrogens is 317 g/mol. The Kier molecular flexibility index (Phi) is 6.65. The molecule has 134 valence electrons. The predicted octanol–water partition coefficient (Wildman–Crippen LogP) is 4.38. The number of halogens is 1. The predicted molar refractivity (Wildman–Crippen MR) is 101 cm³/mol. The first-order valence-electron chi connectivity index (χ1n) is 8.51. The van der Waals surface area contributed by atoms with Gasteiger partial charge in [0, 0.05) is 24.0 Å². The molecule has 0 aliphatic carbocycles. The normalized spacial score (nSPS) is 12.4. The minimum absolute atomic E-state index is 0.0783. The van der Waals surface area contributed by atoms with E-state index in [0.717, 1.165) is 35.6 Å². The van der Waals surface area contributed by atoms with E-state index in [2.05, 4.69) is 21.8 Å². The molecule has 0 fully saturated rings. The average Bonchev–Trinajstić information content (AvgIpc) is 2.53. The van der Waals surface area contributed by atoms with Crippen LogP contribution in [0.25, 0.3) is 10.8 Å². The Hall–Kier alpha value is -2.27. The van der Waals surface area contributed by atoms with E-state index in [9.17, 15) is 9.18 Å². The third-order valence-electron chi connectivity index (χ3n) is 4.29. The number of anilines is 1. The van der Waals surface area contributed by atoms with Crippen molar-refractivity contribution in [3.8, 4) is 0 Å². The topological polar surface area (TPSA) is 45.2 Å². The highest BCUT2D eigenvalue weighted by molar-refractivity contribution is 5.92. The van der Waals surface area contributed by atoms with E-state index in [1.807, 2.05) is 21.0 Å². The molecule has 1 N–H and O–H groups in total. The maximum absolute atomic E-state index is 13.3. The SMILES string of the molecule is C=C(C)CCC(CCC(=O)Nc1cc2cc(F)ccc2cn1)N(C)C. The van der Waals surface area contributed by atoms with E-state index >= 15 is 0 Å². The standard InChI is InChI=1S/C20H26FN3O/c1-14(2)5-8-18(24(3)4)9-10-20(25)23-19-12-16-11-17(21)7-6-15(16)13-22-19/h6-7,11-13,18H,1,5,8-10H2,2-4H3,(H,22,23,25). The minimum atomic E-state index is -0.303. The number of fused-ring (bicyclic) bond motifs is 1. The molecule has 1 heterocycles. The summed E-state index contributed by atoms with van der Waals surface area (Å²) in [6.07, 6.45) is 4.78. The summed E-state index contributed by atoms with van der Waals surface area (Å²) < 4.78 is 13.3. The second-order valence-corrected chi connectivity index (χ2v) is 6.76. The van der Waals surface area contributed by atoms with Gasteiger partial charge in [-0.25, -0.2) is 9.37 Å². The molecule has 2 aromatic rings. The van der Waals surface area contributed by atoms with Crippen LogP contribution in [0.1, 0.15) is 32.6 Å². The summed E-state index contributed by atoms with van der Waals surface area (Å²) in [4.78, 5) is 18.6. The Balaban J connectivity index is 1.93. The van der Waals surface area contributed by atoms with Crippen molar-refractivity contribution in [1.29, 1.82) is 0 Å². The van der Waals surface area contributed by atoms with Crippen molar-refractivity contribution in [2.24, 2.45) is 0 Å². The Morgan fingerprint density at radius 3 is 2.64 bits per heavy atom. The van der Waals surface area contributed by atoms with Crippen molar-refractivity contribution < 1.29 is 9.18 Å². The molecule has 0 spiro atoms. The fourth-order valence-electron chi connectivity index (χ4n) is 2.76. The van der Waals surface area contributed by atoms with Crippen LogP contribution in [0, 0.1) is 5.82 Å². The van der Waals surface area contributed by atoms with Gasteiger partial charge in [-0.1, -0.05) is 5.57 Å². The molecule has 1 aromatic heterocycles. The van der Waals surface area contributed by atoms with Gasteiger partial charge in [0.25, 0.3) is 0 Å². The van der Waals surface area contributed by atoms with Gasteiger partial charge in [0.05, 0.1) is 0 Å². The van der Waals surface area contributed by atoms with Crippen LogP contribution >= 0.6 is 0 Å². The summed E-state index contributed by atoms with van der Waals surface area (Å²) in [5.74, 6) is 0.0687. The first-order chi connectivity index (χ1) is 11.8. The van der Waals surface area contributed by atoms with Crippen molar-refractivity contribution in [2.75, 3.05) is 19.4 Å². The summed E-state index contributed by atoms with van der Waals surface area (Å²) in [6, 6.07) is 6.54. The van der Waals surface area contributed by atoms with Crippen molar-refractivity contribution in [1.82, 2.24) is 9.88 Å². The second kappa shape index (κ2) is 8.72. The molecule has 1 atom stereocenters. The third-order valence-corrected chi connectivity index (χ3v) is 4.29. The van der Waals surface area contributed by atoms with Crippen LogP contribution in [-0.2, 0) is 4.79 Å². The lowest BCUT2D eigenvalue weighted by Crippen LogP contribution is -2.29. The Morgan fingerprint density at radius 1 is 1.24 bits per heavy atom. The first-order valence-corrected chi connectivity index (χ1v) is 8.51. The number of benzene rings is 1. The zero-order valence-electron chi connectivity index (χ0n) is 15.2. The number of nitrogens with one attached hydrogen (secondary N) is 1. The smallest absolute Gasteiger partial charge is 0.225 e. The quantitative estimate of drug-likeness (QED) is 0.724. The molecule has 1 unspecified atom stereocenters. The van der Waals surface area contributed by atoms with Gasteiger partial charge >= 0.3 is 0 Å². The van der Waals surface area contributed by atoms with Crippen molar-refractivity contribution in [2.45, 2.75) is 38.6 Å². The molecule has 0 radical (unpaired) electrons. The number of rotatable bonds is 8. The highest BCUT2D eigenvalue weighted by Crippen LogP contribution is 2.19. The zero-order valence-corrected chi connectivity index (χ0v) is 15.2. The summed E-state index contributed by atoms with van der Waals surface area (Å²) >= 11 is 0. The lowest BCUT2D eigenvalue weighted by Gasteiger charge is -2.24. The molecule has 0 saturated carbocycles. The van der Waals surface area contributed by atoms with Gasteiger partial charge in [0.1, 0.15) is 11.6 Å². The fourth-order valence-corrected chi connectivity index (χ4v) is 2.76. The largest absolute Gasteiger partial charge is 0.311 e. The molecule has 2 rings (SSSR count). The monoisotopic (exact) mass is 343 g/mol. The molecule has 1 amide bonds. The number of carbonyl (C=O) groups excluding carboxylic acids is 1. The molecule has 1 aromatic carbocycles.